The Balaban J connectivity index is 2.89. The van der Waals surface area contributed by atoms with Crippen molar-refractivity contribution in [2.45, 2.75) is 40.2 Å². The monoisotopic (exact) mass is 199 g/mol. The molecule has 0 aromatic carbocycles. The van der Waals surface area contributed by atoms with Gasteiger partial charge in [0.1, 0.15) is 0 Å². The highest BCUT2D eigenvalue weighted by molar-refractivity contribution is 5.85. The quantitative estimate of drug-likeness (QED) is 0.743. The zero-order chi connectivity index (χ0) is 10.9. The lowest BCUT2D eigenvalue weighted by Crippen LogP contribution is -2.43. The van der Waals surface area contributed by atoms with Crippen LogP contribution in [0, 0.1) is 11.3 Å². The number of carbonyl (C=O) groups excluding carboxylic acids is 1. The molecular formula is C11H21NO2. The van der Waals surface area contributed by atoms with E-state index in [1.54, 1.807) is 0 Å². The zero-order valence-corrected chi connectivity index (χ0v) is 9.58. The molecule has 3 heteroatoms. The third-order valence-corrected chi connectivity index (χ3v) is 3.50. The van der Waals surface area contributed by atoms with Crippen molar-refractivity contribution >= 4 is 5.91 Å². The maximum absolute atomic E-state index is 12.1. The number of aliphatic hydroxyl groups is 1. The Hall–Kier alpha value is -0.570. The SMILES string of the molecule is CC(C)N1CCC(CO)(C(C)C)C1=O. The van der Waals surface area contributed by atoms with Crippen LogP contribution < -0.4 is 0 Å². The maximum Gasteiger partial charge on any atom is 0.231 e. The van der Waals surface area contributed by atoms with E-state index in [9.17, 15) is 9.90 Å². The summed E-state index contributed by atoms with van der Waals surface area (Å²) < 4.78 is 0. The summed E-state index contributed by atoms with van der Waals surface area (Å²) in [6.07, 6.45) is 0.790. The van der Waals surface area contributed by atoms with Crippen LogP contribution in [-0.2, 0) is 4.79 Å². The predicted molar refractivity (Wildman–Crippen MR) is 55.8 cm³/mol. The number of nitrogens with zero attached hydrogens (tertiary/aromatic N) is 1. The lowest BCUT2D eigenvalue weighted by atomic mass is 9.76. The number of aliphatic hydroxyl groups excluding tert-OH is 1. The molecule has 3 nitrogen and oxygen atoms in total. The van der Waals surface area contributed by atoms with Crippen LogP contribution in [0.3, 0.4) is 0 Å². The highest BCUT2D eigenvalue weighted by Crippen LogP contribution is 2.39. The topological polar surface area (TPSA) is 40.5 Å². The minimum atomic E-state index is -0.510. The van der Waals surface area contributed by atoms with Crippen molar-refractivity contribution < 1.29 is 9.90 Å². The van der Waals surface area contributed by atoms with Gasteiger partial charge in [-0.2, -0.15) is 0 Å². The fourth-order valence-corrected chi connectivity index (χ4v) is 2.17. The van der Waals surface area contributed by atoms with E-state index in [0.29, 0.717) is 0 Å². The Bertz CT molecular complexity index is 225. The van der Waals surface area contributed by atoms with Crippen molar-refractivity contribution in [3.8, 4) is 0 Å². The third kappa shape index (κ3) is 1.54. The lowest BCUT2D eigenvalue weighted by Gasteiger charge is -2.30. The Morgan fingerprint density at radius 1 is 1.43 bits per heavy atom. The van der Waals surface area contributed by atoms with Crippen molar-refractivity contribution in [2.75, 3.05) is 13.2 Å². The number of hydrogen-bond acceptors (Lipinski definition) is 2. The summed E-state index contributed by atoms with van der Waals surface area (Å²) in [4.78, 5) is 14.0. The molecule has 0 spiro atoms. The Kier molecular flexibility index (Phi) is 3.20. The minimum Gasteiger partial charge on any atom is -0.395 e. The fourth-order valence-electron chi connectivity index (χ4n) is 2.17. The van der Waals surface area contributed by atoms with Crippen molar-refractivity contribution in [1.29, 1.82) is 0 Å². The van der Waals surface area contributed by atoms with Gasteiger partial charge in [0, 0.05) is 12.6 Å². The molecule has 1 heterocycles. The molecule has 0 radical (unpaired) electrons. The smallest absolute Gasteiger partial charge is 0.231 e. The van der Waals surface area contributed by atoms with E-state index in [1.165, 1.54) is 0 Å². The minimum absolute atomic E-state index is 0.0211. The van der Waals surface area contributed by atoms with Gasteiger partial charge in [-0.25, -0.2) is 0 Å². The van der Waals surface area contributed by atoms with Gasteiger partial charge < -0.3 is 10.0 Å². The van der Waals surface area contributed by atoms with E-state index >= 15 is 0 Å². The van der Waals surface area contributed by atoms with Crippen molar-refractivity contribution in [1.82, 2.24) is 4.90 Å². The van der Waals surface area contributed by atoms with Crippen LogP contribution in [-0.4, -0.2) is 35.1 Å². The first-order chi connectivity index (χ1) is 6.45. The van der Waals surface area contributed by atoms with Gasteiger partial charge in [0.15, 0.2) is 0 Å². The Labute approximate surface area is 86.1 Å². The van der Waals surface area contributed by atoms with E-state index < -0.39 is 5.41 Å². The number of likely N-dealkylation sites (tertiary alicyclic amines) is 1. The summed E-state index contributed by atoms with van der Waals surface area (Å²) in [7, 11) is 0. The van der Waals surface area contributed by atoms with Gasteiger partial charge in [-0.15, -0.1) is 0 Å². The van der Waals surface area contributed by atoms with Gasteiger partial charge in [-0.05, 0) is 26.2 Å². The summed E-state index contributed by atoms with van der Waals surface area (Å²) in [6, 6.07) is 0.245. The molecular weight excluding hydrogens is 178 g/mol. The molecule has 1 unspecified atom stereocenters. The van der Waals surface area contributed by atoms with Crippen LogP contribution in [0.4, 0.5) is 0 Å². The molecule has 1 fully saturated rings. The standard InChI is InChI=1S/C11H21NO2/c1-8(2)11(7-13)5-6-12(9(3)4)10(11)14/h8-9,13H,5-7H2,1-4H3. The van der Waals surface area contributed by atoms with Crippen LogP contribution in [0.5, 0.6) is 0 Å². The average molecular weight is 199 g/mol. The predicted octanol–water partition coefficient (Wildman–Crippen LogP) is 1.26. The first-order valence-corrected chi connectivity index (χ1v) is 5.37. The molecule has 14 heavy (non-hydrogen) atoms. The van der Waals surface area contributed by atoms with Gasteiger partial charge in [-0.3, -0.25) is 4.79 Å². The van der Waals surface area contributed by atoms with Gasteiger partial charge in [0.25, 0.3) is 0 Å². The van der Waals surface area contributed by atoms with Crippen LogP contribution in [0.1, 0.15) is 34.1 Å². The highest BCUT2D eigenvalue weighted by Gasteiger charge is 2.48. The summed E-state index contributed by atoms with van der Waals surface area (Å²) in [5.41, 5.74) is -0.510. The van der Waals surface area contributed by atoms with Crippen molar-refractivity contribution in [3.05, 3.63) is 0 Å². The van der Waals surface area contributed by atoms with E-state index in [1.807, 2.05) is 32.6 Å². The number of rotatable bonds is 3. The second-order valence-corrected chi connectivity index (χ2v) is 4.81. The van der Waals surface area contributed by atoms with E-state index in [0.717, 1.165) is 13.0 Å². The second-order valence-electron chi connectivity index (χ2n) is 4.81. The Morgan fingerprint density at radius 3 is 2.21 bits per heavy atom. The highest BCUT2D eigenvalue weighted by atomic mass is 16.3. The van der Waals surface area contributed by atoms with Crippen LogP contribution in [0.15, 0.2) is 0 Å². The van der Waals surface area contributed by atoms with E-state index in [2.05, 4.69) is 0 Å². The maximum atomic E-state index is 12.1. The Morgan fingerprint density at radius 2 is 2.00 bits per heavy atom. The first-order valence-electron chi connectivity index (χ1n) is 5.37. The molecule has 1 aliphatic heterocycles. The molecule has 0 aromatic rings. The molecule has 1 amide bonds. The number of hydrogen-bond donors (Lipinski definition) is 1. The van der Waals surface area contributed by atoms with Gasteiger partial charge in [-0.1, -0.05) is 13.8 Å². The van der Waals surface area contributed by atoms with Crippen molar-refractivity contribution in [3.63, 3.8) is 0 Å². The molecule has 0 aromatic heterocycles. The fraction of sp³-hybridized carbons (Fsp3) is 0.909. The second kappa shape index (κ2) is 3.89. The normalized spacial score (nSPS) is 28.2. The third-order valence-electron chi connectivity index (χ3n) is 3.50. The van der Waals surface area contributed by atoms with Gasteiger partial charge in [0.2, 0.25) is 5.91 Å². The molecule has 1 atom stereocenters. The molecule has 1 aliphatic rings. The molecule has 82 valence electrons. The average Bonchev–Trinajstić information content (AvgIpc) is 2.43. The van der Waals surface area contributed by atoms with Crippen molar-refractivity contribution in [2.24, 2.45) is 11.3 Å². The lowest BCUT2D eigenvalue weighted by molar-refractivity contribution is -0.141. The largest absolute Gasteiger partial charge is 0.395 e. The molecule has 1 rings (SSSR count). The van der Waals surface area contributed by atoms with E-state index in [-0.39, 0.29) is 24.5 Å². The van der Waals surface area contributed by atoms with Crippen LogP contribution in [0.2, 0.25) is 0 Å². The number of amides is 1. The first kappa shape index (κ1) is 11.5. The van der Waals surface area contributed by atoms with Crippen LogP contribution >= 0.6 is 0 Å². The summed E-state index contributed by atoms with van der Waals surface area (Å²) >= 11 is 0. The molecule has 1 saturated heterocycles. The molecule has 0 saturated carbocycles. The zero-order valence-electron chi connectivity index (χ0n) is 9.58. The summed E-state index contributed by atoms with van der Waals surface area (Å²) in [5, 5.41) is 9.41. The van der Waals surface area contributed by atoms with Crippen LogP contribution in [0.25, 0.3) is 0 Å². The summed E-state index contributed by atoms with van der Waals surface area (Å²) in [6.45, 7) is 8.83. The molecule has 1 N–H and O–H groups in total. The van der Waals surface area contributed by atoms with Gasteiger partial charge >= 0.3 is 0 Å². The summed E-state index contributed by atoms with van der Waals surface area (Å²) in [5.74, 6) is 0.341. The molecule has 0 bridgehead atoms. The van der Waals surface area contributed by atoms with Gasteiger partial charge in [0.05, 0.1) is 12.0 Å². The number of carbonyl (C=O) groups is 1. The molecule has 0 aliphatic carbocycles. The van der Waals surface area contributed by atoms with E-state index in [4.69, 9.17) is 0 Å².